The molecule has 2 N–H and O–H groups in total. The van der Waals surface area contributed by atoms with Crippen molar-refractivity contribution in [2.45, 2.75) is 38.4 Å². The number of aliphatic hydroxyl groups is 2. The summed E-state index contributed by atoms with van der Waals surface area (Å²) in [7, 11) is 0. The summed E-state index contributed by atoms with van der Waals surface area (Å²) >= 11 is 0. The first kappa shape index (κ1) is 8.92. The molecule has 0 amide bonds. The molecule has 0 fully saturated rings. The largest absolute Gasteiger partial charge is 0.390 e. The van der Waals surface area contributed by atoms with E-state index in [1.54, 1.807) is 13.8 Å². The molecule has 0 rings (SSSR count). The van der Waals surface area contributed by atoms with Gasteiger partial charge in [-0.3, -0.25) is 0 Å². The van der Waals surface area contributed by atoms with Gasteiger partial charge in [-0.05, 0) is 20.3 Å². The van der Waals surface area contributed by atoms with Crippen molar-refractivity contribution >= 4 is 0 Å². The molecule has 2 nitrogen and oxygen atoms in total. The summed E-state index contributed by atoms with van der Waals surface area (Å²) in [5.41, 5.74) is -0.975. The van der Waals surface area contributed by atoms with E-state index in [1.165, 1.54) is 0 Å². The van der Waals surface area contributed by atoms with Crippen LogP contribution >= 0.6 is 0 Å². The van der Waals surface area contributed by atoms with Gasteiger partial charge in [0.15, 0.2) is 0 Å². The molecule has 1 unspecified atom stereocenters. The topological polar surface area (TPSA) is 40.5 Å². The Morgan fingerprint density at radius 3 is 2.11 bits per heavy atom. The van der Waals surface area contributed by atoms with E-state index in [1.807, 2.05) is 0 Å². The van der Waals surface area contributed by atoms with Crippen LogP contribution < -0.4 is 0 Å². The van der Waals surface area contributed by atoms with Crippen LogP contribution in [0.25, 0.3) is 0 Å². The Hall–Kier alpha value is -0.0800. The van der Waals surface area contributed by atoms with Crippen molar-refractivity contribution in [2.24, 2.45) is 0 Å². The lowest BCUT2D eigenvalue weighted by molar-refractivity contribution is -0.0507. The third-order valence-electron chi connectivity index (χ3n) is 1.29. The average Bonchev–Trinajstić information content (AvgIpc) is 1.64. The van der Waals surface area contributed by atoms with E-state index < -0.39 is 11.7 Å². The summed E-state index contributed by atoms with van der Waals surface area (Å²) in [6, 6.07) is 0. The predicted molar refractivity (Wildman–Crippen MR) is 36.9 cm³/mol. The van der Waals surface area contributed by atoms with Crippen molar-refractivity contribution in [2.75, 3.05) is 0 Å². The maximum atomic E-state index is 9.14. The molecule has 9 heavy (non-hydrogen) atoms. The lowest BCUT2D eigenvalue weighted by Crippen LogP contribution is -2.35. The molecule has 0 aliphatic carbocycles. The maximum absolute atomic E-state index is 9.14. The minimum Gasteiger partial charge on any atom is -0.390 e. The third kappa shape index (κ3) is 3.49. The monoisotopic (exact) mass is 131 g/mol. The first-order valence-corrected chi connectivity index (χ1v) is 3.18. The first-order valence-electron chi connectivity index (χ1n) is 3.18. The Labute approximate surface area is 56.5 Å². The Balaban J connectivity index is 3.59. The van der Waals surface area contributed by atoms with Gasteiger partial charge in [-0.2, -0.15) is 0 Å². The van der Waals surface area contributed by atoms with Crippen LogP contribution in [0.15, 0.2) is 0 Å². The van der Waals surface area contributed by atoms with Crippen molar-refractivity contribution in [1.29, 1.82) is 0 Å². The molecule has 0 saturated heterocycles. The van der Waals surface area contributed by atoms with Crippen molar-refractivity contribution in [1.82, 2.24) is 0 Å². The zero-order chi connectivity index (χ0) is 7.49. The van der Waals surface area contributed by atoms with Crippen molar-refractivity contribution in [3.05, 3.63) is 6.92 Å². The van der Waals surface area contributed by atoms with E-state index >= 15 is 0 Å². The first-order chi connectivity index (χ1) is 3.98. The van der Waals surface area contributed by atoms with Gasteiger partial charge in [0.1, 0.15) is 0 Å². The molecule has 55 valence electrons. The van der Waals surface area contributed by atoms with Crippen molar-refractivity contribution in [3.8, 4) is 0 Å². The molecule has 0 aromatic carbocycles. The average molecular weight is 131 g/mol. The van der Waals surface area contributed by atoms with E-state index in [0.717, 1.165) is 0 Å². The highest BCUT2D eigenvalue weighted by molar-refractivity contribution is 4.75. The van der Waals surface area contributed by atoms with Gasteiger partial charge >= 0.3 is 0 Å². The molecule has 0 bridgehead atoms. The summed E-state index contributed by atoms with van der Waals surface area (Å²) in [6.07, 6.45) is 0.573. The third-order valence-corrected chi connectivity index (χ3v) is 1.29. The second kappa shape index (κ2) is 3.18. The lowest BCUT2D eigenvalue weighted by Gasteiger charge is -2.23. The van der Waals surface area contributed by atoms with E-state index in [4.69, 9.17) is 10.2 Å². The summed E-state index contributed by atoms with van der Waals surface area (Å²) < 4.78 is 0. The summed E-state index contributed by atoms with van der Waals surface area (Å²) in [5.74, 6) is 0. The van der Waals surface area contributed by atoms with Crippen LogP contribution in [0.2, 0.25) is 0 Å². The molecule has 0 aliphatic heterocycles. The molecular weight excluding hydrogens is 116 g/mol. The Bertz CT molecular complexity index is 73.5. The van der Waals surface area contributed by atoms with Gasteiger partial charge < -0.3 is 10.2 Å². The zero-order valence-electron chi connectivity index (χ0n) is 6.09. The van der Waals surface area contributed by atoms with E-state index in [-0.39, 0.29) is 0 Å². The Morgan fingerprint density at radius 1 is 1.56 bits per heavy atom. The minimum atomic E-state index is -0.975. The van der Waals surface area contributed by atoms with Crippen LogP contribution in [-0.4, -0.2) is 21.9 Å². The maximum Gasteiger partial charge on any atom is 0.0849 e. The van der Waals surface area contributed by atoms with Crippen LogP contribution in [0.1, 0.15) is 26.7 Å². The van der Waals surface area contributed by atoms with E-state index in [9.17, 15) is 0 Å². The van der Waals surface area contributed by atoms with Gasteiger partial charge in [-0.1, -0.05) is 13.3 Å². The molecule has 1 radical (unpaired) electrons. The molecule has 0 aromatic rings. The van der Waals surface area contributed by atoms with Crippen LogP contribution in [0.3, 0.4) is 0 Å². The second-order valence-electron chi connectivity index (χ2n) is 2.81. The van der Waals surface area contributed by atoms with Gasteiger partial charge in [0.05, 0.1) is 11.7 Å². The predicted octanol–water partition coefficient (Wildman–Crippen LogP) is 0.732. The van der Waals surface area contributed by atoms with Crippen molar-refractivity contribution in [3.63, 3.8) is 0 Å². The smallest absolute Gasteiger partial charge is 0.0849 e. The Kier molecular flexibility index (Phi) is 3.15. The van der Waals surface area contributed by atoms with Crippen LogP contribution in [0.4, 0.5) is 0 Å². The standard InChI is InChI=1S/C7H15O2/c1-4-5-6(8)7(2,3)9/h6,8-9H,1,4-5H2,2-3H3. The molecular formula is C7H15O2. The zero-order valence-corrected chi connectivity index (χ0v) is 6.09. The lowest BCUT2D eigenvalue weighted by atomic mass is 9.98. The number of rotatable bonds is 3. The SMILES string of the molecule is [CH2]CCC(O)C(C)(C)O. The molecule has 0 aromatic heterocycles. The van der Waals surface area contributed by atoms with Gasteiger partial charge in [0.25, 0.3) is 0 Å². The van der Waals surface area contributed by atoms with Gasteiger partial charge in [0, 0.05) is 0 Å². The van der Waals surface area contributed by atoms with Gasteiger partial charge in [0.2, 0.25) is 0 Å². The van der Waals surface area contributed by atoms with Gasteiger partial charge in [-0.15, -0.1) is 0 Å². The van der Waals surface area contributed by atoms with Gasteiger partial charge in [-0.25, -0.2) is 0 Å². The molecule has 2 heteroatoms. The van der Waals surface area contributed by atoms with Crippen LogP contribution in [0.5, 0.6) is 0 Å². The second-order valence-corrected chi connectivity index (χ2v) is 2.81. The fourth-order valence-corrected chi connectivity index (χ4v) is 0.547. The highest BCUT2D eigenvalue weighted by Gasteiger charge is 2.22. The van der Waals surface area contributed by atoms with E-state index in [0.29, 0.717) is 12.8 Å². The van der Waals surface area contributed by atoms with Crippen molar-refractivity contribution < 1.29 is 10.2 Å². The summed E-state index contributed by atoms with van der Waals surface area (Å²) in [4.78, 5) is 0. The fraction of sp³-hybridized carbons (Fsp3) is 0.857. The number of hydrogen-bond donors (Lipinski definition) is 2. The molecule has 1 atom stereocenters. The Morgan fingerprint density at radius 2 is 2.00 bits per heavy atom. The molecule has 0 heterocycles. The fourth-order valence-electron chi connectivity index (χ4n) is 0.547. The van der Waals surface area contributed by atoms with Crippen LogP contribution in [0, 0.1) is 6.92 Å². The van der Waals surface area contributed by atoms with Crippen LogP contribution in [-0.2, 0) is 0 Å². The highest BCUT2D eigenvalue weighted by atomic mass is 16.3. The molecule has 0 saturated carbocycles. The van der Waals surface area contributed by atoms with E-state index in [2.05, 4.69) is 6.92 Å². The molecule has 0 spiro atoms. The summed E-state index contributed by atoms with van der Waals surface area (Å²) in [5, 5.41) is 18.2. The summed E-state index contributed by atoms with van der Waals surface area (Å²) in [6.45, 7) is 6.75. The highest BCUT2D eigenvalue weighted by Crippen LogP contribution is 2.12. The normalized spacial score (nSPS) is 15.7. The number of hydrogen-bond acceptors (Lipinski definition) is 2. The molecule has 0 aliphatic rings. The quantitative estimate of drug-likeness (QED) is 0.593. The number of aliphatic hydroxyl groups excluding tert-OH is 1. The minimum absolute atomic E-state index is 0.559.